The maximum atomic E-state index is 12.0. The topological polar surface area (TPSA) is 54.4 Å². The van der Waals surface area contributed by atoms with E-state index >= 15 is 0 Å². The zero-order valence-corrected chi connectivity index (χ0v) is 9.32. The first-order valence-electron chi connectivity index (χ1n) is 5.31. The van der Waals surface area contributed by atoms with Crippen molar-refractivity contribution in [2.75, 3.05) is 0 Å². The van der Waals surface area contributed by atoms with Crippen molar-refractivity contribution in [3.05, 3.63) is 12.7 Å². The number of hydrogen-bond donors (Lipinski definition) is 1. The van der Waals surface area contributed by atoms with Crippen LogP contribution in [0, 0.1) is 17.3 Å². The molecule has 0 saturated heterocycles. The normalized spacial score (nSPS) is 19.1. The van der Waals surface area contributed by atoms with Gasteiger partial charge in [-0.15, -0.1) is 6.58 Å². The van der Waals surface area contributed by atoms with Crippen molar-refractivity contribution < 1.29 is 14.7 Å². The second-order valence-corrected chi connectivity index (χ2v) is 4.80. The summed E-state index contributed by atoms with van der Waals surface area (Å²) >= 11 is 0. The lowest BCUT2D eigenvalue weighted by atomic mass is 9.69. The van der Waals surface area contributed by atoms with E-state index in [0.717, 1.165) is 19.3 Å². The predicted molar refractivity (Wildman–Crippen MR) is 57.5 cm³/mol. The molecular weight excluding hydrogens is 192 g/mol. The number of carbonyl (C=O) groups is 2. The van der Waals surface area contributed by atoms with E-state index in [1.165, 1.54) is 6.08 Å². The molecule has 1 rings (SSSR count). The fraction of sp³-hybridized carbons (Fsp3) is 0.667. The van der Waals surface area contributed by atoms with Crippen LogP contribution in [0.25, 0.3) is 0 Å². The van der Waals surface area contributed by atoms with Gasteiger partial charge in [0.2, 0.25) is 0 Å². The summed E-state index contributed by atoms with van der Waals surface area (Å²) in [7, 11) is 0. The maximum absolute atomic E-state index is 12.0. The SMILES string of the molecule is C=CC(C)(C)C(=O)C(C(=O)O)C1CCC1. The van der Waals surface area contributed by atoms with Crippen molar-refractivity contribution in [1.29, 1.82) is 0 Å². The molecule has 0 aromatic heterocycles. The molecule has 1 aliphatic carbocycles. The van der Waals surface area contributed by atoms with Crippen LogP contribution in [0.4, 0.5) is 0 Å². The highest BCUT2D eigenvalue weighted by molar-refractivity contribution is 6.02. The van der Waals surface area contributed by atoms with Crippen molar-refractivity contribution >= 4 is 11.8 Å². The lowest BCUT2D eigenvalue weighted by Gasteiger charge is -2.33. The Bertz CT molecular complexity index is 287. The minimum Gasteiger partial charge on any atom is -0.481 e. The molecule has 0 aliphatic heterocycles. The molecular formula is C12H18O3. The molecule has 1 atom stereocenters. The van der Waals surface area contributed by atoms with E-state index in [1.54, 1.807) is 13.8 Å². The molecule has 0 heterocycles. The van der Waals surface area contributed by atoms with Crippen LogP contribution in [0.1, 0.15) is 33.1 Å². The van der Waals surface area contributed by atoms with E-state index in [0.29, 0.717) is 0 Å². The molecule has 3 heteroatoms. The molecule has 1 N–H and O–H groups in total. The molecule has 0 aromatic carbocycles. The minimum atomic E-state index is -0.986. The third kappa shape index (κ3) is 2.28. The number of aliphatic carboxylic acids is 1. The van der Waals surface area contributed by atoms with Crippen LogP contribution in [0.3, 0.4) is 0 Å². The van der Waals surface area contributed by atoms with Gasteiger partial charge < -0.3 is 5.11 Å². The summed E-state index contributed by atoms with van der Waals surface area (Å²) in [5, 5.41) is 9.08. The molecule has 0 aromatic rings. The fourth-order valence-corrected chi connectivity index (χ4v) is 1.80. The van der Waals surface area contributed by atoms with E-state index in [9.17, 15) is 9.59 Å². The Morgan fingerprint density at radius 3 is 2.27 bits per heavy atom. The number of carboxylic acid groups (broad SMARTS) is 1. The third-order valence-corrected chi connectivity index (χ3v) is 3.32. The van der Waals surface area contributed by atoms with E-state index in [1.807, 2.05) is 0 Å². The molecule has 1 fully saturated rings. The largest absolute Gasteiger partial charge is 0.481 e. The molecule has 0 amide bonds. The summed E-state index contributed by atoms with van der Waals surface area (Å²) in [4.78, 5) is 23.1. The zero-order chi connectivity index (χ0) is 11.6. The minimum absolute atomic E-state index is 0.0363. The van der Waals surface area contributed by atoms with Gasteiger partial charge in [0.25, 0.3) is 0 Å². The number of ketones is 1. The Hall–Kier alpha value is -1.12. The molecule has 0 radical (unpaired) electrons. The standard InChI is InChI=1S/C12H18O3/c1-4-12(2,3)10(13)9(11(14)15)8-6-5-7-8/h4,8-9H,1,5-7H2,2-3H3,(H,14,15). The first kappa shape index (κ1) is 12.0. The third-order valence-electron chi connectivity index (χ3n) is 3.32. The van der Waals surface area contributed by atoms with E-state index in [2.05, 4.69) is 6.58 Å². The second-order valence-electron chi connectivity index (χ2n) is 4.80. The van der Waals surface area contributed by atoms with Gasteiger partial charge in [0, 0.05) is 5.41 Å². The number of carboxylic acids is 1. The first-order valence-corrected chi connectivity index (χ1v) is 5.31. The highest BCUT2D eigenvalue weighted by Crippen LogP contribution is 2.37. The molecule has 84 valence electrons. The van der Waals surface area contributed by atoms with Crippen molar-refractivity contribution in [3.8, 4) is 0 Å². The highest BCUT2D eigenvalue weighted by atomic mass is 16.4. The molecule has 15 heavy (non-hydrogen) atoms. The van der Waals surface area contributed by atoms with Crippen LogP contribution in [0.5, 0.6) is 0 Å². The van der Waals surface area contributed by atoms with Crippen LogP contribution in [-0.2, 0) is 9.59 Å². The van der Waals surface area contributed by atoms with Crippen LogP contribution < -0.4 is 0 Å². The van der Waals surface area contributed by atoms with Crippen LogP contribution in [-0.4, -0.2) is 16.9 Å². The van der Waals surface area contributed by atoms with Gasteiger partial charge >= 0.3 is 5.97 Å². The Balaban J connectivity index is 2.84. The molecule has 1 unspecified atom stereocenters. The smallest absolute Gasteiger partial charge is 0.314 e. The lowest BCUT2D eigenvalue weighted by Crippen LogP contribution is -2.41. The van der Waals surface area contributed by atoms with Gasteiger partial charge in [-0.1, -0.05) is 12.5 Å². The first-order chi connectivity index (χ1) is 6.90. The summed E-state index contributed by atoms with van der Waals surface area (Å²) in [6, 6.07) is 0. The Kier molecular flexibility index (Phi) is 3.32. The molecule has 1 aliphatic rings. The van der Waals surface area contributed by atoms with Crippen molar-refractivity contribution in [2.24, 2.45) is 17.3 Å². The van der Waals surface area contributed by atoms with Crippen LogP contribution in [0.2, 0.25) is 0 Å². The highest BCUT2D eigenvalue weighted by Gasteiger charge is 2.42. The Labute approximate surface area is 90.2 Å². The average Bonchev–Trinajstić information content (AvgIpc) is 2.09. The molecule has 1 saturated carbocycles. The zero-order valence-electron chi connectivity index (χ0n) is 9.32. The maximum Gasteiger partial charge on any atom is 0.314 e. The number of Topliss-reactive ketones (excluding diaryl/α,β-unsaturated/α-hetero) is 1. The van der Waals surface area contributed by atoms with Crippen molar-refractivity contribution in [2.45, 2.75) is 33.1 Å². The number of hydrogen-bond acceptors (Lipinski definition) is 2. The fourth-order valence-electron chi connectivity index (χ4n) is 1.80. The average molecular weight is 210 g/mol. The number of allylic oxidation sites excluding steroid dienone is 1. The monoisotopic (exact) mass is 210 g/mol. The van der Waals surface area contributed by atoms with Crippen LogP contribution >= 0.6 is 0 Å². The quantitative estimate of drug-likeness (QED) is 0.559. The Morgan fingerprint density at radius 1 is 1.47 bits per heavy atom. The Morgan fingerprint density at radius 2 is 2.00 bits per heavy atom. The van der Waals surface area contributed by atoms with Gasteiger partial charge in [0.05, 0.1) is 0 Å². The molecule has 3 nitrogen and oxygen atoms in total. The van der Waals surface area contributed by atoms with Crippen molar-refractivity contribution in [1.82, 2.24) is 0 Å². The van der Waals surface area contributed by atoms with Crippen molar-refractivity contribution in [3.63, 3.8) is 0 Å². The van der Waals surface area contributed by atoms with E-state index < -0.39 is 17.3 Å². The van der Waals surface area contributed by atoms with Gasteiger partial charge in [-0.2, -0.15) is 0 Å². The van der Waals surface area contributed by atoms with Crippen LogP contribution in [0.15, 0.2) is 12.7 Å². The van der Waals surface area contributed by atoms with Gasteiger partial charge in [-0.05, 0) is 32.6 Å². The lowest BCUT2D eigenvalue weighted by molar-refractivity contribution is -0.152. The summed E-state index contributed by atoms with van der Waals surface area (Å²) in [5.74, 6) is -2.00. The number of carbonyl (C=O) groups excluding carboxylic acids is 1. The van der Waals surface area contributed by atoms with E-state index in [4.69, 9.17) is 5.11 Å². The summed E-state index contributed by atoms with van der Waals surface area (Å²) in [6.07, 6.45) is 4.28. The molecule has 0 spiro atoms. The second kappa shape index (κ2) is 4.17. The summed E-state index contributed by atoms with van der Waals surface area (Å²) in [5.41, 5.74) is -0.737. The van der Waals surface area contributed by atoms with E-state index in [-0.39, 0.29) is 11.7 Å². The molecule has 0 bridgehead atoms. The van der Waals surface area contributed by atoms with Gasteiger partial charge in [-0.3, -0.25) is 9.59 Å². The predicted octanol–water partition coefficient (Wildman–Crippen LogP) is 2.27. The number of rotatable bonds is 5. The van der Waals surface area contributed by atoms with Gasteiger partial charge in [0.1, 0.15) is 5.92 Å². The van der Waals surface area contributed by atoms with Gasteiger partial charge in [0.15, 0.2) is 5.78 Å². The summed E-state index contributed by atoms with van der Waals surface area (Å²) in [6.45, 7) is 7.02. The summed E-state index contributed by atoms with van der Waals surface area (Å²) < 4.78 is 0. The van der Waals surface area contributed by atoms with Gasteiger partial charge in [-0.25, -0.2) is 0 Å².